The van der Waals surface area contributed by atoms with Gasteiger partial charge in [-0.3, -0.25) is 14.3 Å². The summed E-state index contributed by atoms with van der Waals surface area (Å²) in [6, 6.07) is 9.79. The van der Waals surface area contributed by atoms with E-state index in [9.17, 15) is 9.59 Å². The second kappa shape index (κ2) is 10.3. The van der Waals surface area contributed by atoms with Crippen LogP contribution in [-0.4, -0.2) is 75.6 Å². The molecule has 0 saturated carbocycles. The highest BCUT2D eigenvalue weighted by atomic mass is 32.2. The number of H-pyrrole nitrogens is 1. The van der Waals surface area contributed by atoms with Crippen molar-refractivity contribution < 1.29 is 9.53 Å². The van der Waals surface area contributed by atoms with Gasteiger partial charge in [-0.05, 0) is 18.6 Å². The Bertz CT molecular complexity index is 799. The molecule has 1 saturated heterocycles. The average Bonchev–Trinajstić information content (AvgIpc) is 3.07. The first-order valence-corrected chi connectivity index (χ1v) is 10.6. The molecule has 1 N–H and O–H groups in total. The molecule has 0 unspecified atom stereocenters. The number of rotatable bonds is 9. The summed E-state index contributed by atoms with van der Waals surface area (Å²) in [4.78, 5) is 28.4. The monoisotopic (exact) mass is 405 g/mol. The number of aromatic nitrogens is 3. The Balaban J connectivity index is 1.37. The van der Waals surface area contributed by atoms with Gasteiger partial charge in [0.15, 0.2) is 5.16 Å². The van der Waals surface area contributed by atoms with Crippen molar-refractivity contribution in [1.29, 1.82) is 0 Å². The van der Waals surface area contributed by atoms with E-state index in [1.165, 1.54) is 11.8 Å². The summed E-state index contributed by atoms with van der Waals surface area (Å²) in [5, 5.41) is 7.05. The number of benzene rings is 1. The molecule has 1 amide bonds. The Kier molecular flexibility index (Phi) is 7.55. The van der Waals surface area contributed by atoms with E-state index in [-0.39, 0.29) is 11.6 Å². The summed E-state index contributed by atoms with van der Waals surface area (Å²) >= 11 is 1.32. The van der Waals surface area contributed by atoms with Gasteiger partial charge in [-0.25, -0.2) is 9.89 Å². The quantitative estimate of drug-likeness (QED) is 0.633. The molecule has 1 aromatic heterocycles. The van der Waals surface area contributed by atoms with E-state index >= 15 is 0 Å². The maximum atomic E-state index is 12.5. The van der Waals surface area contributed by atoms with Crippen molar-refractivity contribution in [2.75, 3.05) is 45.1 Å². The van der Waals surface area contributed by atoms with Gasteiger partial charge >= 0.3 is 5.69 Å². The van der Waals surface area contributed by atoms with Gasteiger partial charge in [0, 0.05) is 39.3 Å². The van der Waals surface area contributed by atoms with Crippen LogP contribution in [-0.2, 0) is 11.3 Å². The van der Waals surface area contributed by atoms with Crippen LogP contribution in [0.5, 0.6) is 5.75 Å². The summed E-state index contributed by atoms with van der Waals surface area (Å²) in [7, 11) is 0. The largest absolute Gasteiger partial charge is 0.492 e. The minimum atomic E-state index is -0.219. The van der Waals surface area contributed by atoms with E-state index in [2.05, 4.69) is 15.1 Å². The van der Waals surface area contributed by atoms with E-state index in [1.807, 2.05) is 42.2 Å². The topological polar surface area (TPSA) is 83.5 Å². The lowest BCUT2D eigenvalue weighted by molar-refractivity contribution is -0.130. The first-order valence-electron chi connectivity index (χ1n) is 9.63. The number of ether oxygens (including phenoxy) is 1. The lowest BCUT2D eigenvalue weighted by Gasteiger charge is -2.34. The molecule has 1 aliphatic rings. The summed E-state index contributed by atoms with van der Waals surface area (Å²) in [5.74, 6) is 1.27. The van der Waals surface area contributed by atoms with Crippen LogP contribution in [0.1, 0.15) is 13.3 Å². The lowest BCUT2D eigenvalue weighted by atomic mass is 10.3. The third-order valence-corrected chi connectivity index (χ3v) is 5.60. The third-order valence-electron chi connectivity index (χ3n) is 4.64. The second-order valence-electron chi connectivity index (χ2n) is 6.64. The van der Waals surface area contributed by atoms with Crippen LogP contribution in [0.2, 0.25) is 0 Å². The molecule has 9 heteroatoms. The number of carbonyl (C=O) groups is 1. The summed E-state index contributed by atoms with van der Waals surface area (Å²) in [6.07, 6.45) is 0.844. The van der Waals surface area contributed by atoms with Crippen molar-refractivity contribution >= 4 is 17.7 Å². The number of carbonyl (C=O) groups excluding carboxylic acids is 1. The number of nitrogens with one attached hydrogen (secondary N) is 1. The van der Waals surface area contributed by atoms with E-state index in [1.54, 1.807) is 4.57 Å². The molecule has 2 aromatic rings. The fourth-order valence-corrected chi connectivity index (χ4v) is 3.96. The Morgan fingerprint density at radius 2 is 1.93 bits per heavy atom. The molecule has 1 fully saturated rings. The van der Waals surface area contributed by atoms with E-state index in [4.69, 9.17) is 4.74 Å². The van der Waals surface area contributed by atoms with Crippen molar-refractivity contribution in [2.24, 2.45) is 0 Å². The molecule has 3 rings (SSSR count). The van der Waals surface area contributed by atoms with Crippen molar-refractivity contribution in [3.05, 3.63) is 40.8 Å². The number of aromatic amines is 1. The summed E-state index contributed by atoms with van der Waals surface area (Å²) in [6.45, 7) is 7.22. The first kappa shape index (κ1) is 20.5. The molecule has 28 heavy (non-hydrogen) atoms. The van der Waals surface area contributed by atoms with Crippen molar-refractivity contribution in [3.63, 3.8) is 0 Å². The van der Waals surface area contributed by atoms with Crippen LogP contribution in [0.4, 0.5) is 0 Å². The third kappa shape index (κ3) is 5.62. The first-order chi connectivity index (χ1) is 13.7. The number of thioether (sulfide) groups is 1. The second-order valence-corrected chi connectivity index (χ2v) is 7.58. The molecule has 0 atom stereocenters. The highest BCUT2D eigenvalue weighted by molar-refractivity contribution is 7.99. The molecule has 0 radical (unpaired) electrons. The fourth-order valence-electron chi connectivity index (χ4n) is 3.08. The maximum Gasteiger partial charge on any atom is 0.343 e. The Labute approximate surface area is 168 Å². The number of nitrogens with zero attached hydrogens (tertiary/aromatic N) is 4. The predicted molar refractivity (Wildman–Crippen MR) is 109 cm³/mol. The van der Waals surface area contributed by atoms with E-state index in [0.717, 1.165) is 31.8 Å². The summed E-state index contributed by atoms with van der Waals surface area (Å²) < 4.78 is 7.33. The van der Waals surface area contributed by atoms with Crippen molar-refractivity contribution in [1.82, 2.24) is 24.6 Å². The number of hydrogen-bond acceptors (Lipinski definition) is 6. The highest BCUT2D eigenvalue weighted by Gasteiger charge is 2.21. The van der Waals surface area contributed by atoms with Gasteiger partial charge in [0.2, 0.25) is 5.91 Å². The molecule has 152 valence electrons. The van der Waals surface area contributed by atoms with Gasteiger partial charge in [0.25, 0.3) is 0 Å². The molecule has 0 aliphatic carbocycles. The zero-order valence-electron chi connectivity index (χ0n) is 16.2. The number of para-hydroxylation sites is 1. The van der Waals surface area contributed by atoms with E-state index in [0.29, 0.717) is 37.2 Å². The van der Waals surface area contributed by atoms with Gasteiger partial charge < -0.3 is 9.64 Å². The normalized spacial score (nSPS) is 15.0. The highest BCUT2D eigenvalue weighted by Crippen LogP contribution is 2.15. The van der Waals surface area contributed by atoms with Gasteiger partial charge in [-0.15, -0.1) is 5.10 Å². The fraction of sp³-hybridized carbons (Fsp3) is 0.526. The van der Waals surface area contributed by atoms with Gasteiger partial charge in [0.05, 0.1) is 5.75 Å². The Hall–Kier alpha value is -2.26. The van der Waals surface area contributed by atoms with Crippen LogP contribution >= 0.6 is 11.8 Å². The van der Waals surface area contributed by atoms with Crippen molar-refractivity contribution in [3.8, 4) is 5.75 Å². The van der Waals surface area contributed by atoms with Crippen LogP contribution in [0.15, 0.2) is 40.3 Å². The Morgan fingerprint density at radius 1 is 1.18 bits per heavy atom. The van der Waals surface area contributed by atoms with Crippen molar-refractivity contribution in [2.45, 2.75) is 25.0 Å². The van der Waals surface area contributed by atoms with Crippen LogP contribution in [0.25, 0.3) is 0 Å². The van der Waals surface area contributed by atoms with Crippen LogP contribution < -0.4 is 10.4 Å². The standard InChI is InChI=1S/C19H27N5O3S/c1-2-8-24-18(26)20-21-19(24)28-15-17(25)23-11-9-22(10-12-23)13-14-27-16-6-4-3-5-7-16/h3-7H,2,8-15H2,1H3,(H,20,26). The van der Waals surface area contributed by atoms with Gasteiger partial charge in [-0.2, -0.15) is 0 Å². The predicted octanol–water partition coefficient (Wildman–Crippen LogP) is 1.30. The number of amides is 1. The van der Waals surface area contributed by atoms with Gasteiger partial charge in [-0.1, -0.05) is 36.9 Å². The number of piperazine rings is 1. The summed E-state index contributed by atoms with van der Waals surface area (Å²) in [5.41, 5.74) is -0.219. The minimum Gasteiger partial charge on any atom is -0.492 e. The van der Waals surface area contributed by atoms with Crippen LogP contribution in [0, 0.1) is 0 Å². The smallest absolute Gasteiger partial charge is 0.343 e. The molecule has 8 nitrogen and oxygen atoms in total. The molecule has 0 bridgehead atoms. The zero-order chi connectivity index (χ0) is 19.8. The minimum absolute atomic E-state index is 0.0867. The molecule has 0 spiro atoms. The average molecular weight is 406 g/mol. The van der Waals surface area contributed by atoms with Crippen LogP contribution in [0.3, 0.4) is 0 Å². The van der Waals surface area contributed by atoms with Gasteiger partial charge in [0.1, 0.15) is 12.4 Å². The van der Waals surface area contributed by atoms with E-state index < -0.39 is 0 Å². The maximum absolute atomic E-state index is 12.5. The molecular weight excluding hydrogens is 378 g/mol. The lowest BCUT2D eigenvalue weighted by Crippen LogP contribution is -2.50. The SMILES string of the molecule is CCCn1c(SCC(=O)N2CCN(CCOc3ccccc3)CC2)n[nH]c1=O. The molecule has 1 aliphatic heterocycles. The number of hydrogen-bond donors (Lipinski definition) is 1. The Morgan fingerprint density at radius 3 is 2.64 bits per heavy atom. The molecule has 1 aromatic carbocycles. The molecular formula is C19H27N5O3S. The molecule has 2 heterocycles. The zero-order valence-corrected chi connectivity index (χ0v) is 17.0.